The summed E-state index contributed by atoms with van der Waals surface area (Å²) in [6.07, 6.45) is 3.42. The highest BCUT2D eigenvalue weighted by atomic mass is 32.2. The summed E-state index contributed by atoms with van der Waals surface area (Å²) in [4.78, 5) is 13.3. The Morgan fingerprint density at radius 2 is 1.85 bits per heavy atom. The van der Waals surface area contributed by atoms with Gasteiger partial charge in [-0.15, -0.1) is 0 Å². The van der Waals surface area contributed by atoms with Crippen LogP contribution in [0.15, 0.2) is 53.8 Å². The highest BCUT2D eigenvalue weighted by molar-refractivity contribution is 7.89. The van der Waals surface area contributed by atoms with Gasteiger partial charge in [-0.25, -0.2) is 23.5 Å². The number of rotatable bonds is 4. The Bertz CT molecular complexity index is 1250. The average molecular weight is 383 g/mol. The zero-order valence-electron chi connectivity index (χ0n) is 14.7. The summed E-state index contributed by atoms with van der Waals surface area (Å²) in [6.45, 7) is 2.01. The lowest BCUT2D eigenvalue weighted by Crippen LogP contribution is -2.12. The molecule has 0 saturated heterocycles. The van der Waals surface area contributed by atoms with Crippen LogP contribution in [0, 0.1) is 0 Å². The molecular formula is C18H17N5O3S. The van der Waals surface area contributed by atoms with E-state index in [1.807, 2.05) is 17.6 Å². The standard InChI is InChI=1S/C18H17N5O3S/c1-11(12-3-5-13(6-4-12)27(19,24)25)23-10-21-15-9-20-18-14(17(15)23)7-8-16(22-18)26-2/h3-11H,1-2H3,(H2,19,24,25)/t11-/m1/s1. The fourth-order valence-corrected chi connectivity index (χ4v) is 3.60. The van der Waals surface area contributed by atoms with Gasteiger partial charge in [-0.05, 0) is 30.7 Å². The van der Waals surface area contributed by atoms with Gasteiger partial charge in [-0.2, -0.15) is 4.98 Å². The van der Waals surface area contributed by atoms with E-state index in [2.05, 4.69) is 15.0 Å². The number of fused-ring (bicyclic) bond motifs is 3. The summed E-state index contributed by atoms with van der Waals surface area (Å²) >= 11 is 0. The Kier molecular flexibility index (Phi) is 4.05. The van der Waals surface area contributed by atoms with Crippen LogP contribution in [0.4, 0.5) is 0 Å². The van der Waals surface area contributed by atoms with E-state index in [1.54, 1.807) is 37.8 Å². The third kappa shape index (κ3) is 3.00. The second-order valence-electron chi connectivity index (χ2n) is 6.16. The molecule has 0 unspecified atom stereocenters. The Morgan fingerprint density at radius 1 is 1.11 bits per heavy atom. The van der Waals surface area contributed by atoms with Crippen molar-refractivity contribution in [1.82, 2.24) is 19.5 Å². The Labute approximate surface area is 155 Å². The highest BCUT2D eigenvalue weighted by Gasteiger charge is 2.16. The van der Waals surface area contributed by atoms with Gasteiger partial charge in [0.25, 0.3) is 0 Å². The van der Waals surface area contributed by atoms with Gasteiger partial charge >= 0.3 is 0 Å². The predicted molar refractivity (Wildman–Crippen MR) is 101 cm³/mol. The van der Waals surface area contributed by atoms with Crippen molar-refractivity contribution in [3.8, 4) is 5.88 Å². The van der Waals surface area contributed by atoms with Crippen LogP contribution in [0.2, 0.25) is 0 Å². The molecule has 4 rings (SSSR count). The molecular weight excluding hydrogens is 366 g/mol. The van der Waals surface area contributed by atoms with Gasteiger partial charge in [0.1, 0.15) is 5.52 Å². The van der Waals surface area contributed by atoms with Gasteiger partial charge < -0.3 is 9.30 Å². The van der Waals surface area contributed by atoms with E-state index in [0.717, 1.165) is 22.0 Å². The third-order valence-electron chi connectivity index (χ3n) is 4.55. The van der Waals surface area contributed by atoms with Crippen LogP contribution in [0.3, 0.4) is 0 Å². The minimum Gasteiger partial charge on any atom is -0.481 e. The number of sulfonamides is 1. The van der Waals surface area contributed by atoms with Crippen molar-refractivity contribution in [3.05, 3.63) is 54.5 Å². The lowest BCUT2D eigenvalue weighted by atomic mass is 10.1. The van der Waals surface area contributed by atoms with Crippen molar-refractivity contribution in [3.63, 3.8) is 0 Å². The van der Waals surface area contributed by atoms with Crippen molar-refractivity contribution in [1.29, 1.82) is 0 Å². The topological polar surface area (TPSA) is 113 Å². The van der Waals surface area contributed by atoms with Crippen molar-refractivity contribution in [2.45, 2.75) is 17.9 Å². The van der Waals surface area contributed by atoms with Crippen LogP contribution >= 0.6 is 0 Å². The molecule has 3 aromatic heterocycles. The molecule has 0 spiro atoms. The van der Waals surface area contributed by atoms with Crippen molar-refractivity contribution in [2.75, 3.05) is 7.11 Å². The molecule has 8 nitrogen and oxygen atoms in total. The van der Waals surface area contributed by atoms with Crippen LogP contribution in [0.25, 0.3) is 22.1 Å². The normalized spacial score (nSPS) is 13.1. The van der Waals surface area contributed by atoms with Crippen LogP contribution in [0.5, 0.6) is 5.88 Å². The zero-order chi connectivity index (χ0) is 19.2. The maximum Gasteiger partial charge on any atom is 0.238 e. The molecule has 0 radical (unpaired) electrons. The van der Waals surface area contributed by atoms with Gasteiger partial charge in [0.15, 0.2) is 5.65 Å². The van der Waals surface area contributed by atoms with Gasteiger partial charge in [-0.3, -0.25) is 0 Å². The van der Waals surface area contributed by atoms with Crippen LogP contribution < -0.4 is 9.88 Å². The van der Waals surface area contributed by atoms with E-state index < -0.39 is 10.0 Å². The molecule has 138 valence electrons. The highest BCUT2D eigenvalue weighted by Crippen LogP contribution is 2.29. The number of methoxy groups -OCH3 is 1. The number of nitrogens with zero attached hydrogens (tertiary/aromatic N) is 4. The zero-order valence-corrected chi connectivity index (χ0v) is 15.5. The third-order valence-corrected chi connectivity index (χ3v) is 5.48. The van der Waals surface area contributed by atoms with E-state index in [1.165, 1.54) is 12.1 Å². The van der Waals surface area contributed by atoms with Crippen LogP contribution in [-0.4, -0.2) is 35.0 Å². The molecule has 3 heterocycles. The molecule has 4 aromatic rings. The molecule has 1 atom stereocenters. The summed E-state index contributed by atoms with van der Waals surface area (Å²) in [5.41, 5.74) is 3.15. The fourth-order valence-electron chi connectivity index (χ4n) is 3.09. The van der Waals surface area contributed by atoms with Crippen LogP contribution in [-0.2, 0) is 10.0 Å². The fraction of sp³-hybridized carbons (Fsp3) is 0.167. The Morgan fingerprint density at radius 3 is 2.52 bits per heavy atom. The molecule has 27 heavy (non-hydrogen) atoms. The Hall–Kier alpha value is -3.04. The number of hydrogen-bond acceptors (Lipinski definition) is 6. The molecule has 0 aliphatic carbocycles. The Balaban J connectivity index is 1.84. The molecule has 9 heteroatoms. The minimum absolute atomic E-state index is 0.0832. The monoisotopic (exact) mass is 383 g/mol. The maximum atomic E-state index is 11.5. The van der Waals surface area contributed by atoms with Gasteiger partial charge in [0, 0.05) is 11.5 Å². The second kappa shape index (κ2) is 6.29. The molecule has 0 fully saturated rings. The van der Waals surface area contributed by atoms with Gasteiger partial charge in [-0.1, -0.05) is 12.1 Å². The van der Waals surface area contributed by atoms with E-state index in [9.17, 15) is 8.42 Å². The molecule has 1 aromatic carbocycles. The van der Waals surface area contributed by atoms with E-state index in [4.69, 9.17) is 9.88 Å². The summed E-state index contributed by atoms with van der Waals surface area (Å²) < 4.78 is 30.1. The van der Waals surface area contributed by atoms with Crippen molar-refractivity contribution < 1.29 is 13.2 Å². The number of primary sulfonamides is 1. The summed E-state index contributed by atoms with van der Waals surface area (Å²) in [6, 6.07) is 10.1. The number of benzene rings is 1. The lowest BCUT2D eigenvalue weighted by Gasteiger charge is -2.16. The summed E-state index contributed by atoms with van der Waals surface area (Å²) in [5.74, 6) is 0.493. The number of pyridine rings is 2. The first-order chi connectivity index (χ1) is 12.9. The first kappa shape index (κ1) is 17.4. The average Bonchev–Trinajstić information content (AvgIpc) is 3.11. The summed E-state index contributed by atoms with van der Waals surface area (Å²) in [5, 5.41) is 6.03. The minimum atomic E-state index is -3.72. The van der Waals surface area contributed by atoms with Crippen LogP contribution in [0.1, 0.15) is 18.5 Å². The van der Waals surface area contributed by atoms with Crippen molar-refractivity contribution in [2.24, 2.45) is 5.14 Å². The number of hydrogen-bond donors (Lipinski definition) is 1. The number of aromatic nitrogens is 4. The SMILES string of the molecule is COc1ccc2c(ncc3ncn([C@H](C)c4ccc(S(N)(=O)=O)cc4)c32)n1. The molecule has 0 saturated carbocycles. The molecule has 0 bridgehead atoms. The first-order valence-electron chi connectivity index (χ1n) is 8.17. The predicted octanol–water partition coefficient (Wildman–Crippen LogP) is 2.24. The number of nitrogens with two attached hydrogens (primary N) is 1. The smallest absolute Gasteiger partial charge is 0.238 e. The van der Waals surface area contributed by atoms with Gasteiger partial charge in [0.2, 0.25) is 15.9 Å². The number of ether oxygens (including phenoxy) is 1. The maximum absolute atomic E-state index is 11.5. The summed E-state index contributed by atoms with van der Waals surface area (Å²) in [7, 11) is -2.16. The largest absolute Gasteiger partial charge is 0.481 e. The van der Waals surface area contributed by atoms with E-state index in [-0.39, 0.29) is 10.9 Å². The number of imidazole rings is 1. The first-order valence-corrected chi connectivity index (χ1v) is 9.72. The lowest BCUT2D eigenvalue weighted by molar-refractivity contribution is 0.399. The van der Waals surface area contributed by atoms with Gasteiger partial charge in [0.05, 0.1) is 36.1 Å². The molecule has 0 aliphatic rings. The quantitative estimate of drug-likeness (QED) is 0.578. The molecule has 0 amide bonds. The molecule has 2 N–H and O–H groups in total. The van der Waals surface area contributed by atoms with Crippen molar-refractivity contribution >= 4 is 32.1 Å². The second-order valence-corrected chi connectivity index (χ2v) is 7.72. The molecule has 0 aliphatic heterocycles. The van der Waals surface area contributed by atoms with E-state index in [0.29, 0.717) is 11.5 Å². The van der Waals surface area contributed by atoms with E-state index >= 15 is 0 Å².